The molecule has 0 aliphatic carbocycles. The maximum absolute atomic E-state index is 14.0. The molecule has 112 valence electrons. The fourth-order valence-electron chi connectivity index (χ4n) is 1.75. The van der Waals surface area contributed by atoms with Gasteiger partial charge in [-0.25, -0.2) is 4.39 Å². The fraction of sp³-hybridized carbons (Fsp3) is 0.333. The summed E-state index contributed by atoms with van der Waals surface area (Å²) in [6, 6.07) is 1.44. The molecule has 1 aromatic carbocycles. The second-order valence-electron chi connectivity index (χ2n) is 4.27. The molecule has 9 heteroatoms. The van der Waals surface area contributed by atoms with E-state index in [9.17, 15) is 24.0 Å². The number of rotatable bonds is 5. The number of nitrogens with zero attached hydrogens (tertiary/aromatic N) is 3. The molecule has 0 spiro atoms. The largest absolute Gasteiger partial charge is 0.385 e. The summed E-state index contributed by atoms with van der Waals surface area (Å²) in [5.74, 6) is -3.16. The lowest BCUT2D eigenvalue weighted by atomic mass is 10.1. The molecule has 0 fully saturated rings. The summed E-state index contributed by atoms with van der Waals surface area (Å²) >= 11 is 0. The molecule has 1 atom stereocenters. The molecule has 7 nitrogen and oxygen atoms in total. The van der Waals surface area contributed by atoms with Crippen molar-refractivity contribution >= 4 is 5.69 Å². The van der Waals surface area contributed by atoms with Gasteiger partial charge in [-0.05, 0) is 12.5 Å². The first-order chi connectivity index (χ1) is 9.95. The van der Waals surface area contributed by atoms with Crippen molar-refractivity contribution in [3.05, 3.63) is 39.7 Å². The van der Waals surface area contributed by atoms with E-state index in [0.29, 0.717) is 18.9 Å². The molecule has 1 aromatic heterocycles. The molecule has 1 heterocycles. The van der Waals surface area contributed by atoms with Crippen LogP contribution in [0.5, 0.6) is 0 Å². The van der Waals surface area contributed by atoms with E-state index in [1.807, 2.05) is 6.92 Å². The van der Waals surface area contributed by atoms with Crippen LogP contribution in [0.1, 0.15) is 31.7 Å². The first-order valence-corrected chi connectivity index (χ1v) is 6.10. The zero-order chi connectivity index (χ0) is 15.6. The lowest BCUT2D eigenvalue weighted by molar-refractivity contribution is -0.387. The number of halogens is 2. The summed E-state index contributed by atoms with van der Waals surface area (Å²) < 4.78 is 32.3. The summed E-state index contributed by atoms with van der Waals surface area (Å²) in [7, 11) is 0. The van der Waals surface area contributed by atoms with Crippen LogP contribution in [0.4, 0.5) is 14.5 Å². The highest BCUT2D eigenvalue weighted by molar-refractivity contribution is 5.60. The van der Waals surface area contributed by atoms with Crippen LogP contribution in [0, 0.1) is 21.7 Å². The number of hydrogen-bond donors (Lipinski definition) is 1. The van der Waals surface area contributed by atoms with Gasteiger partial charge in [-0.1, -0.05) is 18.5 Å². The number of aliphatic hydroxyl groups excluding tert-OH is 1. The Balaban J connectivity index is 2.47. The van der Waals surface area contributed by atoms with Crippen molar-refractivity contribution in [2.45, 2.75) is 25.9 Å². The highest BCUT2D eigenvalue weighted by atomic mass is 19.1. The van der Waals surface area contributed by atoms with Crippen LogP contribution < -0.4 is 0 Å². The van der Waals surface area contributed by atoms with Crippen LogP contribution >= 0.6 is 0 Å². The molecule has 1 N–H and O–H groups in total. The van der Waals surface area contributed by atoms with E-state index in [2.05, 4.69) is 10.1 Å². The number of nitro benzene ring substituents is 1. The van der Waals surface area contributed by atoms with Crippen LogP contribution in [0.15, 0.2) is 16.7 Å². The number of aliphatic hydroxyl groups is 1. The quantitative estimate of drug-likeness (QED) is 0.672. The molecule has 21 heavy (non-hydrogen) atoms. The molecule has 2 rings (SSSR count). The Morgan fingerprint density at radius 3 is 2.81 bits per heavy atom. The maximum atomic E-state index is 14.0. The van der Waals surface area contributed by atoms with Gasteiger partial charge in [0.2, 0.25) is 11.6 Å². The Hall–Kier alpha value is -2.42. The Bertz CT molecular complexity index is 675. The number of aromatic nitrogens is 2. The summed E-state index contributed by atoms with van der Waals surface area (Å²) in [6.45, 7) is 1.82. The molecule has 0 bridgehead atoms. The van der Waals surface area contributed by atoms with E-state index >= 15 is 0 Å². The van der Waals surface area contributed by atoms with Crippen LogP contribution in [-0.2, 0) is 0 Å². The minimum Gasteiger partial charge on any atom is -0.385 e. The Kier molecular flexibility index (Phi) is 4.22. The van der Waals surface area contributed by atoms with Gasteiger partial charge in [0.15, 0.2) is 0 Å². The van der Waals surface area contributed by atoms with Gasteiger partial charge >= 0.3 is 5.69 Å². The van der Waals surface area contributed by atoms with Gasteiger partial charge < -0.3 is 9.63 Å². The number of nitro groups is 1. The highest BCUT2D eigenvalue weighted by Crippen LogP contribution is 2.31. The minimum atomic E-state index is -1.40. The van der Waals surface area contributed by atoms with Gasteiger partial charge in [-0.2, -0.15) is 9.37 Å². The third kappa shape index (κ3) is 2.87. The van der Waals surface area contributed by atoms with Crippen molar-refractivity contribution < 1.29 is 23.3 Å². The maximum Gasteiger partial charge on any atom is 0.305 e. The van der Waals surface area contributed by atoms with E-state index in [-0.39, 0.29) is 5.82 Å². The Morgan fingerprint density at radius 2 is 2.19 bits per heavy atom. The predicted molar refractivity (Wildman–Crippen MR) is 66.2 cm³/mol. The third-order valence-electron chi connectivity index (χ3n) is 2.78. The molecular weight excluding hydrogens is 288 g/mol. The lowest BCUT2D eigenvalue weighted by Crippen LogP contribution is -2.00. The van der Waals surface area contributed by atoms with Crippen LogP contribution in [0.2, 0.25) is 0 Å². The summed E-state index contributed by atoms with van der Waals surface area (Å²) in [5, 5.41) is 23.8. The molecule has 0 amide bonds. The normalized spacial score (nSPS) is 12.4. The fourth-order valence-corrected chi connectivity index (χ4v) is 1.75. The molecule has 0 saturated carbocycles. The van der Waals surface area contributed by atoms with Crippen molar-refractivity contribution in [3.63, 3.8) is 0 Å². The van der Waals surface area contributed by atoms with Crippen LogP contribution in [0.25, 0.3) is 11.5 Å². The van der Waals surface area contributed by atoms with Crippen molar-refractivity contribution in [1.29, 1.82) is 0 Å². The molecule has 0 saturated heterocycles. The van der Waals surface area contributed by atoms with Crippen molar-refractivity contribution in [1.82, 2.24) is 10.1 Å². The van der Waals surface area contributed by atoms with E-state index < -0.39 is 39.8 Å². The Morgan fingerprint density at radius 1 is 1.48 bits per heavy atom. The van der Waals surface area contributed by atoms with Gasteiger partial charge in [0.05, 0.1) is 4.92 Å². The third-order valence-corrected chi connectivity index (χ3v) is 2.78. The van der Waals surface area contributed by atoms with E-state index in [1.54, 1.807) is 0 Å². The molecule has 0 aliphatic heterocycles. The predicted octanol–water partition coefficient (Wildman–Crippen LogP) is 2.76. The van der Waals surface area contributed by atoms with E-state index in [1.165, 1.54) is 0 Å². The molecule has 0 aliphatic rings. The Labute approximate surface area is 117 Å². The minimum absolute atomic E-state index is 0.128. The zero-order valence-corrected chi connectivity index (χ0v) is 10.9. The molecule has 2 aromatic rings. The standard InChI is InChI=1S/C12H11F2N3O4/c1-2-3-8(18)11-15-12(21-16-11)9-6(13)4-5-7(10(9)14)17(19)20/h4-5,8,18H,2-3H2,1H3. The zero-order valence-electron chi connectivity index (χ0n) is 10.9. The van der Waals surface area contributed by atoms with Crippen molar-refractivity contribution in [2.75, 3.05) is 0 Å². The lowest BCUT2D eigenvalue weighted by Gasteiger charge is -2.02. The summed E-state index contributed by atoms with van der Waals surface area (Å²) in [4.78, 5) is 13.4. The summed E-state index contributed by atoms with van der Waals surface area (Å²) in [5.41, 5.74) is -1.69. The molecule has 1 unspecified atom stereocenters. The van der Waals surface area contributed by atoms with Gasteiger partial charge in [0, 0.05) is 6.07 Å². The topological polar surface area (TPSA) is 102 Å². The van der Waals surface area contributed by atoms with Crippen LogP contribution in [0.3, 0.4) is 0 Å². The van der Waals surface area contributed by atoms with Gasteiger partial charge in [-0.15, -0.1) is 0 Å². The first-order valence-electron chi connectivity index (χ1n) is 6.10. The molecule has 0 radical (unpaired) electrons. The van der Waals surface area contributed by atoms with E-state index in [0.717, 1.165) is 6.07 Å². The smallest absolute Gasteiger partial charge is 0.305 e. The molecular formula is C12H11F2N3O4. The van der Waals surface area contributed by atoms with Gasteiger partial charge in [0.25, 0.3) is 5.89 Å². The van der Waals surface area contributed by atoms with Crippen LogP contribution in [-0.4, -0.2) is 20.2 Å². The second-order valence-corrected chi connectivity index (χ2v) is 4.27. The average molecular weight is 299 g/mol. The SMILES string of the molecule is CCCC(O)c1noc(-c2c(F)ccc([N+](=O)[O-])c2F)n1. The summed E-state index contributed by atoms with van der Waals surface area (Å²) in [6.07, 6.45) is -0.0407. The number of hydrogen-bond acceptors (Lipinski definition) is 6. The average Bonchev–Trinajstić information content (AvgIpc) is 2.88. The van der Waals surface area contributed by atoms with Crippen molar-refractivity contribution in [3.8, 4) is 11.5 Å². The highest BCUT2D eigenvalue weighted by Gasteiger charge is 2.27. The van der Waals surface area contributed by atoms with Gasteiger partial charge in [0.1, 0.15) is 17.5 Å². The first kappa shape index (κ1) is 15.0. The second kappa shape index (κ2) is 5.92. The van der Waals surface area contributed by atoms with Gasteiger partial charge in [-0.3, -0.25) is 10.1 Å². The van der Waals surface area contributed by atoms with E-state index in [4.69, 9.17) is 4.52 Å². The van der Waals surface area contributed by atoms with Crippen molar-refractivity contribution in [2.24, 2.45) is 0 Å². The monoisotopic (exact) mass is 299 g/mol. The number of benzene rings is 1.